The maximum Gasteiger partial charge on any atom is 0.0931 e. The van der Waals surface area contributed by atoms with E-state index in [4.69, 9.17) is 11.6 Å². The van der Waals surface area contributed by atoms with E-state index in [1.807, 2.05) is 17.4 Å². The Morgan fingerprint density at radius 2 is 2.10 bits per heavy atom. The van der Waals surface area contributed by atoms with Crippen molar-refractivity contribution in [2.24, 2.45) is 0 Å². The number of rotatable bonds is 5. The van der Waals surface area contributed by atoms with E-state index in [0.717, 1.165) is 17.3 Å². The minimum atomic E-state index is 0.435. The Morgan fingerprint density at radius 3 is 2.80 bits per heavy atom. The van der Waals surface area contributed by atoms with Crippen LogP contribution < -0.4 is 5.32 Å². The molecule has 0 radical (unpaired) electrons. The summed E-state index contributed by atoms with van der Waals surface area (Å²) in [5, 5.41) is 3.64. The van der Waals surface area contributed by atoms with Crippen LogP contribution in [0.15, 0.2) is 18.2 Å². The highest BCUT2D eigenvalue weighted by Gasteiger charge is 2.19. The highest BCUT2D eigenvalue weighted by molar-refractivity contribution is 7.16. The number of hydrogen-bond acceptors (Lipinski definition) is 3. The molecule has 1 atom stereocenters. The van der Waals surface area contributed by atoms with Gasteiger partial charge in [0, 0.05) is 27.1 Å². The molecule has 108 valence electrons. The van der Waals surface area contributed by atoms with Gasteiger partial charge in [0.05, 0.1) is 4.34 Å². The molecule has 0 saturated carbocycles. The molecule has 0 bridgehead atoms. The molecule has 0 amide bonds. The van der Waals surface area contributed by atoms with Gasteiger partial charge in [0.15, 0.2) is 0 Å². The Bertz CT molecular complexity index is 549. The van der Waals surface area contributed by atoms with E-state index in [-0.39, 0.29) is 0 Å². The van der Waals surface area contributed by atoms with E-state index in [9.17, 15) is 0 Å². The summed E-state index contributed by atoms with van der Waals surface area (Å²) < 4.78 is 0.890. The Labute approximate surface area is 134 Å². The van der Waals surface area contributed by atoms with Crippen LogP contribution in [0, 0.1) is 0 Å². The van der Waals surface area contributed by atoms with Gasteiger partial charge in [-0.05, 0) is 56.0 Å². The first-order chi connectivity index (χ1) is 9.76. The number of likely N-dealkylation sites (N-methyl/N-ethyl adjacent to an activating group) is 1. The van der Waals surface area contributed by atoms with Crippen LogP contribution in [0.3, 0.4) is 0 Å². The standard InChI is InChI=1S/C16H20ClNS2/c1-2-18-13(10-12-7-8-16(17)19-12)15-9-11-5-3-4-6-14(11)20-15/h7-9,13,18H,2-6,10H2,1H3. The third kappa shape index (κ3) is 3.28. The Balaban J connectivity index is 1.80. The lowest BCUT2D eigenvalue weighted by Crippen LogP contribution is -2.21. The van der Waals surface area contributed by atoms with Crippen LogP contribution in [0.4, 0.5) is 0 Å². The van der Waals surface area contributed by atoms with Gasteiger partial charge in [0.2, 0.25) is 0 Å². The fourth-order valence-corrected chi connectivity index (χ4v) is 5.33. The monoisotopic (exact) mass is 325 g/mol. The van der Waals surface area contributed by atoms with Gasteiger partial charge in [-0.25, -0.2) is 0 Å². The minimum absolute atomic E-state index is 0.435. The summed E-state index contributed by atoms with van der Waals surface area (Å²) in [6.45, 7) is 3.19. The van der Waals surface area contributed by atoms with Gasteiger partial charge in [-0.2, -0.15) is 0 Å². The zero-order valence-electron chi connectivity index (χ0n) is 11.7. The quantitative estimate of drug-likeness (QED) is 0.793. The first-order valence-corrected chi connectivity index (χ1v) is 9.36. The van der Waals surface area contributed by atoms with E-state index in [2.05, 4.69) is 24.4 Å². The van der Waals surface area contributed by atoms with Gasteiger partial charge in [-0.1, -0.05) is 18.5 Å². The van der Waals surface area contributed by atoms with Crippen LogP contribution in [-0.2, 0) is 19.3 Å². The molecule has 4 heteroatoms. The molecular formula is C16H20ClNS2. The van der Waals surface area contributed by atoms with Gasteiger partial charge in [-0.3, -0.25) is 0 Å². The molecule has 1 nitrogen and oxygen atoms in total. The molecule has 1 aliphatic rings. The molecular weight excluding hydrogens is 306 g/mol. The molecule has 1 unspecified atom stereocenters. The van der Waals surface area contributed by atoms with Crippen molar-refractivity contribution in [3.8, 4) is 0 Å². The number of hydrogen-bond donors (Lipinski definition) is 1. The van der Waals surface area contributed by atoms with Crippen LogP contribution >= 0.6 is 34.3 Å². The molecule has 1 N–H and O–H groups in total. The SMILES string of the molecule is CCNC(Cc1ccc(Cl)s1)c1cc2c(s1)CCCC2. The third-order valence-electron chi connectivity index (χ3n) is 3.84. The van der Waals surface area contributed by atoms with Gasteiger partial charge in [0.25, 0.3) is 0 Å². The molecule has 0 saturated heterocycles. The van der Waals surface area contributed by atoms with Gasteiger partial charge >= 0.3 is 0 Å². The molecule has 0 aromatic carbocycles. The number of nitrogens with one attached hydrogen (secondary N) is 1. The molecule has 20 heavy (non-hydrogen) atoms. The predicted octanol–water partition coefficient (Wildman–Crippen LogP) is 5.24. The zero-order valence-corrected chi connectivity index (χ0v) is 14.1. The fourth-order valence-electron chi connectivity index (χ4n) is 2.87. The molecule has 2 heterocycles. The number of thiophene rings is 2. The van der Waals surface area contributed by atoms with Crippen molar-refractivity contribution in [3.05, 3.63) is 42.7 Å². The summed E-state index contributed by atoms with van der Waals surface area (Å²) in [5.41, 5.74) is 1.60. The minimum Gasteiger partial charge on any atom is -0.309 e. The average molecular weight is 326 g/mol. The molecule has 1 aliphatic carbocycles. The van der Waals surface area contributed by atoms with E-state index in [0.29, 0.717) is 6.04 Å². The van der Waals surface area contributed by atoms with Gasteiger partial charge in [0.1, 0.15) is 0 Å². The topological polar surface area (TPSA) is 12.0 Å². The molecule has 0 spiro atoms. The van der Waals surface area contributed by atoms with Crippen molar-refractivity contribution in [3.63, 3.8) is 0 Å². The van der Waals surface area contributed by atoms with Crippen molar-refractivity contribution >= 4 is 34.3 Å². The van der Waals surface area contributed by atoms with Gasteiger partial charge < -0.3 is 5.32 Å². The second-order valence-electron chi connectivity index (χ2n) is 5.32. The van der Waals surface area contributed by atoms with Crippen molar-refractivity contribution in [2.45, 2.75) is 45.1 Å². The van der Waals surface area contributed by atoms with Crippen LogP contribution in [0.2, 0.25) is 4.34 Å². The van der Waals surface area contributed by atoms with E-state index in [1.165, 1.54) is 35.4 Å². The maximum absolute atomic E-state index is 6.05. The summed E-state index contributed by atoms with van der Waals surface area (Å²) in [6.07, 6.45) is 6.32. The van der Waals surface area contributed by atoms with Crippen LogP contribution in [0.1, 0.15) is 46.0 Å². The lowest BCUT2D eigenvalue weighted by atomic mass is 9.98. The lowest BCUT2D eigenvalue weighted by Gasteiger charge is -2.15. The molecule has 0 fully saturated rings. The van der Waals surface area contributed by atoms with Crippen molar-refractivity contribution in [1.29, 1.82) is 0 Å². The van der Waals surface area contributed by atoms with Crippen molar-refractivity contribution < 1.29 is 0 Å². The van der Waals surface area contributed by atoms with Crippen molar-refractivity contribution in [2.75, 3.05) is 6.54 Å². The molecule has 2 aromatic rings. The van der Waals surface area contributed by atoms with Crippen LogP contribution in [0.5, 0.6) is 0 Å². The van der Waals surface area contributed by atoms with E-state index >= 15 is 0 Å². The highest BCUT2D eigenvalue weighted by atomic mass is 35.5. The number of fused-ring (bicyclic) bond motifs is 1. The normalized spacial score (nSPS) is 16.1. The lowest BCUT2D eigenvalue weighted by molar-refractivity contribution is 0.561. The summed E-state index contributed by atoms with van der Waals surface area (Å²) in [7, 11) is 0. The first-order valence-electron chi connectivity index (χ1n) is 7.35. The van der Waals surface area contributed by atoms with E-state index < -0.39 is 0 Å². The Morgan fingerprint density at radius 1 is 1.25 bits per heavy atom. The predicted molar refractivity (Wildman–Crippen MR) is 90.4 cm³/mol. The van der Waals surface area contributed by atoms with Crippen LogP contribution in [0.25, 0.3) is 0 Å². The smallest absolute Gasteiger partial charge is 0.0931 e. The maximum atomic E-state index is 6.05. The fraction of sp³-hybridized carbons (Fsp3) is 0.500. The Kier molecular flexibility index (Phi) is 4.82. The molecule has 3 rings (SSSR count). The number of halogens is 1. The first kappa shape index (κ1) is 14.6. The highest BCUT2D eigenvalue weighted by Crippen LogP contribution is 2.35. The van der Waals surface area contributed by atoms with Crippen molar-refractivity contribution in [1.82, 2.24) is 5.32 Å². The largest absolute Gasteiger partial charge is 0.309 e. The molecule has 2 aromatic heterocycles. The van der Waals surface area contributed by atoms with E-state index in [1.54, 1.807) is 21.8 Å². The number of aryl methyl sites for hydroxylation is 2. The average Bonchev–Trinajstić information content (AvgIpc) is 3.04. The third-order valence-corrected chi connectivity index (χ3v) is 6.45. The van der Waals surface area contributed by atoms with Crippen LogP contribution in [-0.4, -0.2) is 6.54 Å². The summed E-state index contributed by atoms with van der Waals surface area (Å²) in [5.74, 6) is 0. The molecule has 0 aliphatic heterocycles. The second-order valence-corrected chi connectivity index (χ2v) is 8.29. The zero-order chi connectivity index (χ0) is 13.9. The van der Waals surface area contributed by atoms with Gasteiger partial charge in [-0.15, -0.1) is 22.7 Å². The summed E-state index contributed by atoms with van der Waals surface area (Å²) in [4.78, 5) is 4.49. The Hall–Kier alpha value is -0.350. The summed E-state index contributed by atoms with van der Waals surface area (Å²) in [6, 6.07) is 7.04. The summed E-state index contributed by atoms with van der Waals surface area (Å²) >= 11 is 9.77. The second kappa shape index (κ2) is 6.61.